The summed E-state index contributed by atoms with van der Waals surface area (Å²) in [4.78, 5) is 24.5. The molecule has 5 heteroatoms. The molecule has 0 saturated carbocycles. The number of nitrogens with two attached hydrogens (primary N) is 1. The normalized spacial score (nSPS) is 19.7. The molecule has 1 amide bonds. The first-order valence-electron chi connectivity index (χ1n) is 5.39. The Labute approximate surface area is 104 Å². The molecule has 1 aliphatic heterocycles. The number of carbonyl (C=O) groups is 2. The summed E-state index contributed by atoms with van der Waals surface area (Å²) in [5, 5.41) is 0.110. The van der Waals surface area contributed by atoms with Crippen LogP contribution < -0.4 is 10.6 Å². The molecule has 1 atom stereocenters. The third-order valence-electron chi connectivity index (χ3n) is 2.60. The number of rotatable bonds is 2. The molecular weight excluding hydrogens is 236 g/mol. The molecule has 0 radical (unpaired) electrons. The lowest BCUT2D eigenvalue weighted by Crippen LogP contribution is -2.24. The fraction of sp³-hybridized carbons (Fsp3) is 0.333. The van der Waals surface area contributed by atoms with E-state index in [1.165, 1.54) is 18.7 Å². The molecule has 1 aliphatic rings. The van der Waals surface area contributed by atoms with Gasteiger partial charge in [0.2, 0.25) is 5.91 Å². The van der Waals surface area contributed by atoms with Crippen molar-refractivity contribution in [2.24, 2.45) is 0 Å². The van der Waals surface area contributed by atoms with Crippen LogP contribution in [0.3, 0.4) is 0 Å². The van der Waals surface area contributed by atoms with Gasteiger partial charge in [-0.05, 0) is 18.2 Å². The van der Waals surface area contributed by atoms with Crippen LogP contribution >= 0.6 is 11.8 Å². The van der Waals surface area contributed by atoms with Crippen molar-refractivity contribution < 1.29 is 9.59 Å². The minimum Gasteiger partial charge on any atom is -0.399 e. The summed E-state index contributed by atoms with van der Waals surface area (Å²) >= 11 is 1.24. The van der Waals surface area contributed by atoms with Crippen LogP contribution in [0.5, 0.6) is 0 Å². The number of hydrogen-bond acceptors (Lipinski definition) is 4. The second-order valence-electron chi connectivity index (χ2n) is 4.03. The minimum absolute atomic E-state index is 0.0503. The van der Waals surface area contributed by atoms with Gasteiger partial charge in [-0.2, -0.15) is 0 Å². The summed E-state index contributed by atoms with van der Waals surface area (Å²) in [6.07, 6.45) is 0.416. The first kappa shape index (κ1) is 12.0. The highest BCUT2D eigenvalue weighted by Gasteiger charge is 2.31. The van der Waals surface area contributed by atoms with Crippen molar-refractivity contribution in [2.45, 2.75) is 18.6 Å². The summed E-state index contributed by atoms with van der Waals surface area (Å²) in [5.41, 5.74) is 7.13. The highest BCUT2D eigenvalue weighted by atomic mass is 32.2. The van der Waals surface area contributed by atoms with Crippen LogP contribution in [-0.4, -0.2) is 22.8 Å². The van der Waals surface area contributed by atoms with Crippen molar-refractivity contribution in [3.63, 3.8) is 0 Å². The maximum atomic E-state index is 11.8. The number of benzene rings is 1. The number of nitrogens with zero attached hydrogens (tertiary/aromatic N) is 1. The van der Waals surface area contributed by atoms with Crippen molar-refractivity contribution in [3.8, 4) is 0 Å². The van der Waals surface area contributed by atoms with E-state index in [1.807, 2.05) is 12.1 Å². The van der Waals surface area contributed by atoms with Crippen LogP contribution in [0.1, 0.15) is 13.3 Å². The Balaban J connectivity index is 2.13. The van der Waals surface area contributed by atoms with Crippen molar-refractivity contribution in [1.82, 2.24) is 0 Å². The minimum atomic E-state index is 0.0503. The van der Waals surface area contributed by atoms with Gasteiger partial charge in [-0.1, -0.05) is 17.8 Å². The Bertz CT molecular complexity index is 462. The SMILES string of the molecule is CC(=O)SC1CC(=O)N(c2cccc(N)c2)C1. The number of thioether (sulfide) groups is 1. The maximum absolute atomic E-state index is 11.8. The summed E-state index contributed by atoms with van der Waals surface area (Å²) < 4.78 is 0. The molecule has 2 rings (SSSR count). The topological polar surface area (TPSA) is 63.4 Å². The second kappa shape index (κ2) is 4.79. The molecule has 1 heterocycles. The third-order valence-corrected chi connectivity index (χ3v) is 3.59. The molecule has 2 N–H and O–H groups in total. The predicted molar refractivity (Wildman–Crippen MR) is 69.9 cm³/mol. The molecule has 1 saturated heterocycles. The van der Waals surface area contributed by atoms with Crippen molar-refractivity contribution in [2.75, 3.05) is 17.2 Å². The van der Waals surface area contributed by atoms with Gasteiger partial charge < -0.3 is 10.6 Å². The second-order valence-corrected chi connectivity index (χ2v) is 5.51. The van der Waals surface area contributed by atoms with Crippen LogP contribution in [-0.2, 0) is 9.59 Å². The zero-order valence-electron chi connectivity index (χ0n) is 9.55. The van der Waals surface area contributed by atoms with Crippen LogP contribution in [0.25, 0.3) is 0 Å². The van der Waals surface area contributed by atoms with Crippen molar-refractivity contribution in [3.05, 3.63) is 24.3 Å². The quantitative estimate of drug-likeness (QED) is 0.811. The van der Waals surface area contributed by atoms with Gasteiger partial charge >= 0.3 is 0 Å². The maximum Gasteiger partial charge on any atom is 0.228 e. The summed E-state index contributed by atoms with van der Waals surface area (Å²) in [5.74, 6) is 0.0503. The molecule has 1 aromatic rings. The van der Waals surface area contributed by atoms with Crippen LogP contribution in [0.4, 0.5) is 11.4 Å². The van der Waals surface area contributed by atoms with Gasteiger partial charge in [-0.25, -0.2) is 0 Å². The van der Waals surface area contributed by atoms with Gasteiger partial charge in [-0.15, -0.1) is 0 Å². The van der Waals surface area contributed by atoms with E-state index in [4.69, 9.17) is 5.73 Å². The van der Waals surface area contributed by atoms with E-state index in [-0.39, 0.29) is 16.3 Å². The predicted octanol–water partition coefficient (Wildman–Crippen LogP) is 1.65. The van der Waals surface area contributed by atoms with Crippen LogP contribution in [0, 0.1) is 0 Å². The lowest BCUT2D eigenvalue weighted by atomic mass is 10.2. The average Bonchev–Trinajstić information content (AvgIpc) is 2.58. The van der Waals surface area contributed by atoms with Gasteiger partial charge in [-0.3, -0.25) is 9.59 Å². The Hall–Kier alpha value is -1.49. The Morgan fingerprint density at radius 3 is 2.94 bits per heavy atom. The molecule has 0 aliphatic carbocycles. The lowest BCUT2D eigenvalue weighted by Gasteiger charge is -2.16. The zero-order valence-corrected chi connectivity index (χ0v) is 10.4. The van der Waals surface area contributed by atoms with Crippen molar-refractivity contribution >= 4 is 34.2 Å². The van der Waals surface area contributed by atoms with Gasteiger partial charge in [0.25, 0.3) is 0 Å². The molecule has 4 nitrogen and oxygen atoms in total. The highest BCUT2D eigenvalue weighted by Crippen LogP contribution is 2.29. The summed E-state index contributed by atoms with van der Waals surface area (Å²) in [6, 6.07) is 7.24. The molecule has 17 heavy (non-hydrogen) atoms. The Morgan fingerprint density at radius 2 is 2.29 bits per heavy atom. The average molecular weight is 250 g/mol. The Kier molecular flexibility index (Phi) is 3.38. The van der Waals surface area contributed by atoms with Crippen molar-refractivity contribution in [1.29, 1.82) is 0 Å². The molecule has 1 aromatic carbocycles. The van der Waals surface area contributed by atoms with E-state index in [0.717, 1.165) is 5.69 Å². The van der Waals surface area contributed by atoms with Gasteiger partial charge in [0, 0.05) is 36.5 Å². The molecule has 1 fully saturated rings. The van der Waals surface area contributed by atoms with Gasteiger partial charge in [0.15, 0.2) is 5.12 Å². The fourth-order valence-corrected chi connectivity index (χ4v) is 2.85. The zero-order chi connectivity index (χ0) is 12.4. The smallest absolute Gasteiger partial charge is 0.228 e. The molecule has 0 bridgehead atoms. The summed E-state index contributed by atoms with van der Waals surface area (Å²) in [6.45, 7) is 2.10. The van der Waals surface area contributed by atoms with E-state index >= 15 is 0 Å². The van der Waals surface area contributed by atoms with Gasteiger partial charge in [0.1, 0.15) is 0 Å². The van der Waals surface area contributed by atoms with Crippen LogP contribution in [0.2, 0.25) is 0 Å². The van der Waals surface area contributed by atoms with E-state index in [2.05, 4.69) is 0 Å². The number of amides is 1. The lowest BCUT2D eigenvalue weighted by molar-refractivity contribution is -0.117. The standard InChI is InChI=1S/C12H14N2O2S/c1-8(15)17-11-6-12(16)14(7-11)10-4-2-3-9(13)5-10/h2-5,11H,6-7,13H2,1H3. The first-order valence-corrected chi connectivity index (χ1v) is 6.27. The number of hydrogen-bond donors (Lipinski definition) is 1. The molecule has 0 aromatic heterocycles. The monoisotopic (exact) mass is 250 g/mol. The van der Waals surface area contributed by atoms with Crippen LogP contribution in [0.15, 0.2) is 24.3 Å². The molecule has 90 valence electrons. The summed E-state index contributed by atoms with van der Waals surface area (Å²) in [7, 11) is 0. The van der Waals surface area contributed by atoms with E-state index < -0.39 is 0 Å². The van der Waals surface area contributed by atoms with Gasteiger partial charge in [0.05, 0.1) is 0 Å². The number of carbonyl (C=O) groups excluding carboxylic acids is 2. The molecule has 0 spiro atoms. The third kappa shape index (κ3) is 2.79. The first-order chi connectivity index (χ1) is 8.06. The Morgan fingerprint density at radius 1 is 1.53 bits per heavy atom. The highest BCUT2D eigenvalue weighted by molar-refractivity contribution is 8.14. The largest absolute Gasteiger partial charge is 0.399 e. The number of anilines is 2. The van der Waals surface area contributed by atoms with E-state index in [9.17, 15) is 9.59 Å². The van der Waals surface area contributed by atoms with E-state index in [0.29, 0.717) is 18.7 Å². The number of nitrogen functional groups attached to an aromatic ring is 1. The van der Waals surface area contributed by atoms with E-state index in [1.54, 1.807) is 17.0 Å². The fourth-order valence-electron chi connectivity index (χ4n) is 1.93. The molecule has 1 unspecified atom stereocenters. The molecular formula is C12H14N2O2S.